The maximum atomic E-state index is 11.9. The predicted octanol–water partition coefficient (Wildman–Crippen LogP) is 1.36. The summed E-state index contributed by atoms with van der Waals surface area (Å²) in [6.07, 6.45) is 1.99. The fourth-order valence-corrected chi connectivity index (χ4v) is 2.66. The topological polar surface area (TPSA) is 93.5 Å². The van der Waals surface area contributed by atoms with Crippen molar-refractivity contribution in [3.8, 4) is 5.75 Å². The van der Waals surface area contributed by atoms with Gasteiger partial charge in [0.25, 0.3) is 0 Å². The summed E-state index contributed by atoms with van der Waals surface area (Å²) in [7, 11) is 1.76. The van der Waals surface area contributed by atoms with Gasteiger partial charge in [-0.05, 0) is 6.07 Å². The summed E-state index contributed by atoms with van der Waals surface area (Å²) in [4.78, 5) is 22.7. The zero-order chi connectivity index (χ0) is 15.7. The van der Waals surface area contributed by atoms with Gasteiger partial charge < -0.3 is 15.2 Å². The van der Waals surface area contributed by atoms with E-state index in [0.717, 1.165) is 11.1 Å². The quantitative estimate of drug-likeness (QED) is 0.889. The molecule has 2 heterocycles. The van der Waals surface area contributed by atoms with Crippen molar-refractivity contribution in [2.45, 2.75) is 12.3 Å². The molecule has 2 aromatic rings. The first kappa shape index (κ1) is 14.1. The summed E-state index contributed by atoms with van der Waals surface area (Å²) < 4.78 is 6.96. The Hall–Kier alpha value is -2.83. The summed E-state index contributed by atoms with van der Waals surface area (Å²) in [5, 5.41) is 15.8. The molecule has 1 aromatic heterocycles. The Morgan fingerprint density at radius 3 is 3.00 bits per heavy atom. The van der Waals surface area contributed by atoms with E-state index in [4.69, 9.17) is 9.84 Å². The van der Waals surface area contributed by atoms with Gasteiger partial charge in [0.2, 0.25) is 5.91 Å². The summed E-state index contributed by atoms with van der Waals surface area (Å²) in [6, 6.07) is 7.16. The first-order valence-corrected chi connectivity index (χ1v) is 6.81. The fraction of sp³-hybridized carbons (Fsp3) is 0.267. The molecule has 0 radical (unpaired) electrons. The minimum absolute atomic E-state index is 0.103. The highest BCUT2D eigenvalue weighted by Crippen LogP contribution is 2.40. The molecule has 114 valence electrons. The molecule has 0 saturated carbocycles. The number of hydrogen-bond donors (Lipinski definition) is 2. The maximum Gasteiger partial charge on any atom is 0.341 e. The molecule has 1 atom stereocenters. The number of aryl methyl sites for hydroxylation is 1. The number of nitrogens with one attached hydrogen (secondary N) is 1. The normalized spacial score (nSPS) is 16.8. The van der Waals surface area contributed by atoms with Crippen molar-refractivity contribution in [1.29, 1.82) is 0 Å². The molecule has 0 aliphatic carbocycles. The number of carbonyl (C=O) groups is 2. The van der Waals surface area contributed by atoms with Crippen LogP contribution in [0.5, 0.6) is 5.75 Å². The average molecular weight is 301 g/mol. The molecule has 0 spiro atoms. The Bertz CT molecular complexity index is 738. The van der Waals surface area contributed by atoms with Crippen LogP contribution in [0.3, 0.4) is 0 Å². The third-order valence-corrected chi connectivity index (χ3v) is 3.64. The summed E-state index contributed by atoms with van der Waals surface area (Å²) in [5.41, 5.74) is 1.68. The number of aliphatic carboxylic acids is 1. The number of carboxylic acid groups (broad SMARTS) is 1. The van der Waals surface area contributed by atoms with Gasteiger partial charge in [-0.2, -0.15) is 5.10 Å². The van der Waals surface area contributed by atoms with Gasteiger partial charge in [-0.3, -0.25) is 9.48 Å². The molecule has 1 aliphatic rings. The van der Waals surface area contributed by atoms with E-state index in [0.29, 0.717) is 11.6 Å². The second-order valence-electron chi connectivity index (χ2n) is 5.10. The molecule has 7 heteroatoms. The zero-order valence-corrected chi connectivity index (χ0v) is 11.9. The summed E-state index contributed by atoms with van der Waals surface area (Å²) in [6.45, 7) is -0.421. The predicted molar refractivity (Wildman–Crippen MR) is 77.9 cm³/mol. The van der Waals surface area contributed by atoms with Crippen molar-refractivity contribution in [3.05, 3.63) is 41.6 Å². The summed E-state index contributed by atoms with van der Waals surface area (Å²) in [5.74, 6) is -0.219. The lowest BCUT2D eigenvalue weighted by atomic mass is 9.87. The maximum absolute atomic E-state index is 11.9. The molecule has 3 rings (SSSR count). The number of rotatable bonds is 4. The van der Waals surface area contributed by atoms with Crippen molar-refractivity contribution >= 4 is 17.7 Å². The lowest BCUT2D eigenvalue weighted by Gasteiger charge is -2.24. The van der Waals surface area contributed by atoms with Crippen molar-refractivity contribution < 1.29 is 19.4 Å². The second-order valence-corrected chi connectivity index (χ2v) is 5.10. The number of ether oxygens (including phenoxy) is 1. The molecule has 0 saturated heterocycles. The Kier molecular flexibility index (Phi) is 3.54. The van der Waals surface area contributed by atoms with Gasteiger partial charge in [0.05, 0.1) is 6.20 Å². The smallest absolute Gasteiger partial charge is 0.341 e. The van der Waals surface area contributed by atoms with E-state index >= 15 is 0 Å². The number of para-hydroxylation sites is 1. The number of hydrogen-bond acceptors (Lipinski definition) is 4. The average Bonchev–Trinajstić information content (AvgIpc) is 2.86. The molecule has 0 fully saturated rings. The SMILES string of the molecule is Cn1ncc2c1NC(=O)CC2c1ccccc1OCC(=O)O. The Balaban J connectivity index is 2.01. The lowest BCUT2D eigenvalue weighted by molar-refractivity contribution is -0.139. The van der Waals surface area contributed by atoms with Gasteiger partial charge in [0.15, 0.2) is 6.61 Å². The number of carboxylic acids is 1. The van der Waals surface area contributed by atoms with Crippen LogP contribution in [-0.4, -0.2) is 33.4 Å². The second kappa shape index (κ2) is 5.51. The Labute approximate surface area is 126 Å². The van der Waals surface area contributed by atoms with Crippen LogP contribution in [0.4, 0.5) is 5.82 Å². The van der Waals surface area contributed by atoms with Crippen LogP contribution in [0.2, 0.25) is 0 Å². The first-order valence-electron chi connectivity index (χ1n) is 6.81. The van der Waals surface area contributed by atoms with Crippen molar-refractivity contribution in [1.82, 2.24) is 9.78 Å². The van der Waals surface area contributed by atoms with Gasteiger partial charge >= 0.3 is 5.97 Å². The molecule has 2 N–H and O–H groups in total. The molecule has 7 nitrogen and oxygen atoms in total. The Morgan fingerprint density at radius 2 is 2.23 bits per heavy atom. The van der Waals surface area contributed by atoms with Crippen molar-refractivity contribution in [2.24, 2.45) is 7.05 Å². The molecule has 1 unspecified atom stereocenters. The lowest BCUT2D eigenvalue weighted by Crippen LogP contribution is -2.24. The third kappa shape index (κ3) is 2.52. The van der Waals surface area contributed by atoms with Gasteiger partial charge in [-0.15, -0.1) is 0 Å². The van der Waals surface area contributed by atoms with Crippen LogP contribution in [0.25, 0.3) is 0 Å². The molecular weight excluding hydrogens is 286 g/mol. The van der Waals surface area contributed by atoms with Crippen LogP contribution in [0.1, 0.15) is 23.5 Å². The molecule has 1 amide bonds. The fourth-order valence-electron chi connectivity index (χ4n) is 2.66. The Morgan fingerprint density at radius 1 is 1.45 bits per heavy atom. The number of aromatic nitrogens is 2. The third-order valence-electron chi connectivity index (χ3n) is 3.64. The molecule has 0 bridgehead atoms. The van der Waals surface area contributed by atoms with Gasteiger partial charge in [0, 0.05) is 30.5 Å². The van der Waals surface area contributed by atoms with E-state index in [-0.39, 0.29) is 18.2 Å². The van der Waals surface area contributed by atoms with E-state index < -0.39 is 12.6 Å². The molecule has 22 heavy (non-hydrogen) atoms. The van der Waals surface area contributed by atoms with Gasteiger partial charge in [-0.1, -0.05) is 18.2 Å². The van der Waals surface area contributed by atoms with Crippen LogP contribution in [-0.2, 0) is 16.6 Å². The van der Waals surface area contributed by atoms with Crippen molar-refractivity contribution in [3.63, 3.8) is 0 Å². The minimum Gasteiger partial charge on any atom is -0.482 e. The number of nitrogens with zero attached hydrogens (tertiary/aromatic N) is 2. The largest absolute Gasteiger partial charge is 0.482 e. The highest BCUT2D eigenvalue weighted by Gasteiger charge is 2.31. The number of amides is 1. The number of anilines is 1. The molecular formula is C15H15N3O4. The van der Waals surface area contributed by atoms with E-state index in [2.05, 4.69) is 10.4 Å². The van der Waals surface area contributed by atoms with Gasteiger partial charge in [-0.25, -0.2) is 4.79 Å². The highest BCUT2D eigenvalue weighted by atomic mass is 16.5. The van der Waals surface area contributed by atoms with Gasteiger partial charge in [0.1, 0.15) is 11.6 Å². The van der Waals surface area contributed by atoms with Crippen LogP contribution in [0.15, 0.2) is 30.5 Å². The van der Waals surface area contributed by atoms with Crippen LogP contribution in [0, 0.1) is 0 Å². The van der Waals surface area contributed by atoms with E-state index in [1.165, 1.54) is 0 Å². The highest BCUT2D eigenvalue weighted by molar-refractivity contribution is 5.94. The summed E-state index contributed by atoms with van der Waals surface area (Å²) >= 11 is 0. The first-order chi connectivity index (χ1) is 10.6. The molecule has 1 aromatic carbocycles. The van der Waals surface area contributed by atoms with Crippen molar-refractivity contribution in [2.75, 3.05) is 11.9 Å². The van der Waals surface area contributed by atoms with Crippen LogP contribution >= 0.6 is 0 Å². The van der Waals surface area contributed by atoms with E-state index in [1.807, 2.05) is 12.1 Å². The monoisotopic (exact) mass is 301 g/mol. The molecule has 1 aliphatic heterocycles. The van der Waals surface area contributed by atoms with Crippen LogP contribution < -0.4 is 10.1 Å². The zero-order valence-electron chi connectivity index (χ0n) is 11.9. The number of benzene rings is 1. The standard InChI is InChI=1S/C15H15N3O4/c1-18-15-11(7-16-18)10(6-13(19)17-15)9-4-2-3-5-12(9)22-8-14(20)21/h2-5,7,10H,6,8H2,1H3,(H,17,19)(H,20,21). The number of carbonyl (C=O) groups excluding carboxylic acids is 1. The van der Waals surface area contributed by atoms with E-state index in [9.17, 15) is 9.59 Å². The number of fused-ring (bicyclic) bond motifs is 1. The van der Waals surface area contributed by atoms with E-state index in [1.54, 1.807) is 30.1 Å². The minimum atomic E-state index is -1.04.